The number of aromatic hydroxyl groups is 1. The molecule has 0 spiro atoms. The van der Waals surface area contributed by atoms with Crippen molar-refractivity contribution in [1.82, 2.24) is 0 Å². The SMILES string of the molecule is NC(c1ccc(F)c(O)c1F)C1CCOC1. The third-order valence-corrected chi connectivity index (χ3v) is 2.93. The first-order valence-corrected chi connectivity index (χ1v) is 5.11. The van der Waals surface area contributed by atoms with E-state index in [4.69, 9.17) is 15.6 Å². The Balaban J connectivity index is 2.29. The van der Waals surface area contributed by atoms with Gasteiger partial charge in [-0.25, -0.2) is 8.78 Å². The first-order chi connectivity index (χ1) is 7.61. The maximum absolute atomic E-state index is 13.6. The molecule has 0 aliphatic carbocycles. The quantitative estimate of drug-likeness (QED) is 0.811. The molecular formula is C11H13F2NO2. The van der Waals surface area contributed by atoms with Crippen LogP contribution in [0.1, 0.15) is 18.0 Å². The average Bonchev–Trinajstić information content (AvgIpc) is 2.79. The molecule has 1 aliphatic rings. The Bertz CT molecular complexity index is 392. The van der Waals surface area contributed by atoms with Gasteiger partial charge in [0.1, 0.15) is 0 Å². The highest BCUT2D eigenvalue weighted by molar-refractivity contribution is 5.33. The zero-order chi connectivity index (χ0) is 11.7. The van der Waals surface area contributed by atoms with Crippen molar-refractivity contribution in [2.45, 2.75) is 12.5 Å². The van der Waals surface area contributed by atoms with Gasteiger partial charge in [0.15, 0.2) is 17.4 Å². The predicted molar refractivity (Wildman–Crippen MR) is 53.9 cm³/mol. The minimum absolute atomic E-state index is 0.0133. The van der Waals surface area contributed by atoms with Crippen molar-refractivity contribution in [3.05, 3.63) is 29.3 Å². The number of nitrogens with two attached hydrogens (primary N) is 1. The molecule has 2 unspecified atom stereocenters. The number of hydrogen-bond acceptors (Lipinski definition) is 3. The molecule has 0 aromatic heterocycles. The Morgan fingerprint density at radius 1 is 1.44 bits per heavy atom. The van der Waals surface area contributed by atoms with Crippen molar-refractivity contribution in [3.63, 3.8) is 0 Å². The Labute approximate surface area is 91.8 Å². The Hall–Kier alpha value is -1.20. The predicted octanol–water partition coefficient (Wildman–Crippen LogP) is 1.71. The van der Waals surface area contributed by atoms with E-state index in [2.05, 4.69) is 0 Å². The molecule has 2 atom stereocenters. The maximum atomic E-state index is 13.6. The van der Waals surface area contributed by atoms with Gasteiger partial charge >= 0.3 is 0 Å². The standard InChI is InChI=1S/C11H13F2NO2/c12-8-2-1-7(9(13)11(8)15)10(14)6-3-4-16-5-6/h1-2,6,10,15H,3-5,14H2. The highest BCUT2D eigenvalue weighted by Crippen LogP contribution is 2.32. The van der Waals surface area contributed by atoms with E-state index < -0.39 is 23.4 Å². The molecule has 0 saturated carbocycles. The molecule has 0 bridgehead atoms. The molecule has 1 fully saturated rings. The van der Waals surface area contributed by atoms with Crippen LogP contribution >= 0.6 is 0 Å². The summed E-state index contributed by atoms with van der Waals surface area (Å²) in [6, 6.07) is 1.71. The number of rotatable bonds is 2. The number of benzene rings is 1. The highest BCUT2D eigenvalue weighted by Gasteiger charge is 2.27. The number of phenolic OH excluding ortho intramolecular Hbond substituents is 1. The molecular weight excluding hydrogens is 216 g/mol. The number of hydrogen-bond donors (Lipinski definition) is 2. The van der Waals surface area contributed by atoms with E-state index in [0.29, 0.717) is 13.2 Å². The molecule has 1 aliphatic heterocycles. The zero-order valence-electron chi connectivity index (χ0n) is 8.62. The van der Waals surface area contributed by atoms with Gasteiger partial charge < -0.3 is 15.6 Å². The smallest absolute Gasteiger partial charge is 0.188 e. The lowest BCUT2D eigenvalue weighted by Crippen LogP contribution is -2.22. The molecule has 3 N–H and O–H groups in total. The number of phenols is 1. The van der Waals surface area contributed by atoms with E-state index in [1.54, 1.807) is 0 Å². The van der Waals surface area contributed by atoms with Crippen LogP contribution < -0.4 is 5.73 Å². The van der Waals surface area contributed by atoms with E-state index >= 15 is 0 Å². The fourth-order valence-corrected chi connectivity index (χ4v) is 1.90. The summed E-state index contributed by atoms with van der Waals surface area (Å²) in [6.07, 6.45) is 0.749. The van der Waals surface area contributed by atoms with Crippen LogP contribution in [-0.4, -0.2) is 18.3 Å². The lowest BCUT2D eigenvalue weighted by Gasteiger charge is -2.18. The fraction of sp³-hybridized carbons (Fsp3) is 0.455. The highest BCUT2D eigenvalue weighted by atomic mass is 19.1. The Morgan fingerprint density at radius 3 is 2.81 bits per heavy atom. The third kappa shape index (κ3) is 1.88. The molecule has 3 nitrogen and oxygen atoms in total. The molecule has 5 heteroatoms. The van der Waals surface area contributed by atoms with Crippen LogP contribution in [0.2, 0.25) is 0 Å². The molecule has 0 radical (unpaired) electrons. The monoisotopic (exact) mass is 229 g/mol. The van der Waals surface area contributed by atoms with Gasteiger partial charge in [-0.3, -0.25) is 0 Å². The van der Waals surface area contributed by atoms with Crippen molar-refractivity contribution in [3.8, 4) is 5.75 Å². The van der Waals surface area contributed by atoms with Gasteiger partial charge in [0.2, 0.25) is 0 Å². The summed E-state index contributed by atoms with van der Waals surface area (Å²) < 4.78 is 31.6. The molecule has 1 aromatic rings. The van der Waals surface area contributed by atoms with Crippen LogP contribution in [0, 0.1) is 17.6 Å². The minimum Gasteiger partial charge on any atom is -0.503 e. The summed E-state index contributed by atoms with van der Waals surface area (Å²) in [4.78, 5) is 0. The van der Waals surface area contributed by atoms with Crippen LogP contribution in [0.5, 0.6) is 5.75 Å². The van der Waals surface area contributed by atoms with E-state index in [0.717, 1.165) is 12.5 Å². The van der Waals surface area contributed by atoms with E-state index in [1.807, 2.05) is 0 Å². The molecule has 1 saturated heterocycles. The van der Waals surface area contributed by atoms with Gasteiger partial charge in [0.25, 0.3) is 0 Å². The second-order valence-electron chi connectivity index (χ2n) is 3.95. The van der Waals surface area contributed by atoms with Gasteiger partial charge in [-0.15, -0.1) is 0 Å². The van der Waals surface area contributed by atoms with Gasteiger partial charge in [-0.05, 0) is 12.5 Å². The molecule has 0 amide bonds. The molecule has 88 valence electrons. The summed E-state index contributed by atoms with van der Waals surface area (Å²) in [5.74, 6) is -2.90. The third-order valence-electron chi connectivity index (χ3n) is 2.93. The second kappa shape index (κ2) is 4.35. The zero-order valence-corrected chi connectivity index (χ0v) is 8.62. The summed E-state index contributed by atoms with van der Waals surface area (Å²) in [5, 5.41) is 9.14. The molecule has 2 rings (SSSR count). The maximum Gasteiger partial charge on any atom is 0.188 e. The van der Waals surface area contributed by atoms with Crippen molar-refractivity contribution >= 4 is 0 Å². The van der Waals surface area contributed by atoms with Crippen LogP contribution in [0.25, 0.3) is 0 Å². The summed E-state index contributed by atoms with van der Waals surface area (Å²) in [7, 11) is 0. The molecule has 16 heavy (non-hydrogen) atoms. The van der Waals surface area contributed by atoms with Crippen molar-refractivity contribution in [1.29, 1.82) is 0 Å². The Morgan fingerprint density at radius 2 is 2.19 bits per heavy atom. The van der Waals surface area contributed by atoms with Crippen LogP contribution in [-0.2, 0) is 4.74 Å². The van der Waals surface area contributed by atoms with Crippen molar-refractivity contribution < 1.29 is 18.6 Å². The van der Waals surface area contributed by atoms with Crippen LogP contribution in [0.3, 0.4) is 0 Å². The minimum atomic E-state index is -0.976. The lowest BCUT2D eigenvalue weighted by atomic mass is 9.92. The van der Waals surface area contributed by atoms with Crippen LogP contribution in [0.4, 0.5) is 8.78 Å². The topological polar surface area (TPSA) is 55.5 Å². The fourth-order valence-electron chi connectivity index (χ4n) is 1.90. The first-order valence-electron chi connectivity index (χ1n) is 5.11. The van der Waals surface area contributed by atoms with E-state index in [1.165, 1.54) is 6.07 Å². The summed E-state index contributed by atoms with van der Waals surface area (Å²) >= 11 is 0. The normalized spacial score (nSPS) is 22.3. The Kier molecular flexibility index (Phi) is 3.07. The van der Waals surface area contributed by atoms with Gasteiger partial charge in [-0.2, -0.15) is 0 Å². The number of ether oxygens (including phenoxy) is 1. The summed E-state index contributed by atoms with van der Waals surface area (Å²) in [6.45, 7) is 1.08. The van der Waals surface area contributed by atoms with Gasteiger partial charge in [0.05, 0.1) is 6.61 Å². The van der Waals surface area contributed by atoms with Crippen molar-refractivity contribution in [2.24, 2.45) is 11.7 Å². The van der Waals surface area contributed by atoms with Gasteiger partial charge in [-0.1, -0.05) is 6.07 Å². The second-order valence-corrected chi connectivity index (χ2v) is 3.95. The van der Waals surface area contributed by atoms with Crippen LogP contribution in [0.15, 0.2) is 12.1 Å². The van der Waals surface area contributed by atoms with Gasteiger partial charge in [0, 0.05) is 24.1 Å². The largest absolute Gasteiger partial charge is 0.503 e. The van der Waals surface area contributed by atoms with E-state index in [-0.39, 0.29) is 11.5 Å². The molecule has 1 heterocycles. The van der Waals surface area contributed by atoms with E-state index in [9.17, 15) is 8.78 Å². The molecule has 1 aromatic carbocycles. The first kappa shape index (κ1) is 11.3. The van der Waals surface area contributed by atoms with Crippen molar-refractivity contribution in [2.75, 3.05) is 13.2 Å². The lowest BCUT2D eigenvalue weighted by molar-refractivity contribution is 0.180. The summed E-state index contributed by atoms with van der Waals surface area (Å²) in [5.41, 5.74) is 6.00. The average molecular weight is 229 g/mol. The number of halogens is 2.